The van der Waals surface area contributed by atoms with Crippen molar-refractivity contribution in [3.05, 3.63) is 70.8 Å². The van der Waals surface area contributed by atoms with Crippen molar-refractivity contribution in [1.82, 2.24) is 0 Å². The Hall–Kier alpha value is -2.07. The summed E-state index contributed by atoms with van der Waals surface area (Å²) >= 11 is 0. The van der Waals surface area contributed by atoms with Gasteiger partial charge in [0.1, 0.15) is 5.60 Å². The van der Waals surface area contributed by atoms with Crippen LogP contribution in [0.1, 0.15) is 31.9 Å². The molecule has 0 saturated carbocycles. The highest BCUT2D eigenvalue weighted by Crippen LogP contribution is 2.27. The molecule has 0 radical (unpaired) electrons. The van der Waals surface area contributed by atoms with Crippen LogP contribution in [0, 0.1) is 6.92 Å². The van der Waals surface area contributed by atoms with E-state index in [1.165, 1.54) is 0 Å². The molecule has 2 aromatic rings. The van der Waals surface area contributed by atoms with Gasteiger partial charge in [-0.2, -0.15) is 0 Å². The fourth-order valence-electron chi connectivity index (χ4n) is 1.98. The molecule has 0 heterocycles. The topological polar surface area (TPSA) is 43.4 Å². The van der Waals surface area contributed by atoms with Gasteiger partial charge >= 0.3 is 0 Å². The van der Waals surface area contributed by atoms with Crippen molar-refractivity contribution >= 4 is 15.9 Å². The van der Waals surface area contributed by atoms with Gasteiger partial charge in [-0.1, -0.05) is 48.0 Å². The van der Waals surface area contributed by atoms with E-state index in [1.807, 2.05) is 58.0 Å². The molecule has 0 N–H and O–H groups in total. The zero-order chi connectivity index (χ0) is 17.1. The average molecular weight is 330 g/mol. The Morgan fingerprint density at radius 1 is 0.957 bits per heavy atom. The largest absolute Gasteiger partial charge is 0.477 e. The molecule has 2 aromatic carbocycles. The van der Waals surface area contributed by atoms with Crippen LogP contribution in [0.5, 0.6) is 0 Å². The maximum Gasteiger partial charge on any atom is 0.239 e. The molecule has 23 heavy (non-hydrogen) atoms. The first-order valence-corrected chi connectivity index (χ1v) is 8.94. The number of aryl methyl sites for hydroxylation is 1. The lowest BCUT2D eigenvalue weighted by Gasteiger charge is -2.23. The molecule has 2 rings (SSSR count). The third kappa shape index (κ3) is 4.70. The van der Waals surface area contributed by atoms with Crippen molar-refractivity contribution in [2.24, 2.45) is 0 Å². The molecule has 0 amide bonds. The maximum atomic E-state index is 12.9. The molecule has 0 fully saturated rings. The minimum absolute atomic E-state index is 0.0416. The minimum Gasteiger partial charge on any atom is -0.477 e. The van der Waals surface area contributed by atoms with E-state index in [9.17, 15) is 8.42 Å². The van der Waals surface area contributed by atoms with Crippen LogP contribution < -0.4 is 0 Å². The zero-order valence-corrected chi connectivity index (χ0v) is 14.7. The molecule has 4 heteroatoms. The molecular formula is C19H22O3S. The monoisotopic (exact) mass is 330 g/mol. The first-order valence-electron chi connectivity index (χ1n) is 7.46. The van der Waals surface area contributed by atoms with E-state index in [2.05, 4.69) is 0 Å². The Morgan fingerprint density at radius 3 is 2.04 bits per heavy atom. The molecule has 0 atom stereocenters. The van der Waals surface area contributed by atoms with Gasteiger partial charge in [-0.15, -0.1) is 0 Å². The molecule has 0 aliphatic rings. The van der Waals surface area contributed by atoms with Crippen molar-refractivity contribution in [3.8, 4) is 0 Å². The summed E-state index contributed by atoms with van der Waals surface area (Å²) in [5.74, 6) is 0. The summed E-state index contributed by atoms with van der Waals surface area (Å²) in [7, 11) is -3.71. The van der Waals surface area contributed by atoms with E-state index in [4.69, 9.17) is 4.74 Å². The third-order valence-electron chi connectivity index (χ3n) is 3.09. The van der Waals surface area contributed by atoms with E-state index in [0.29, 0.717) is 0 Å². The molecule has 0 bridgehead atoms. The quantitative estimate of drug-likeness (QED) is 0.771. The lowest BCUT2D eigenvalue weighted by atomic mass is 10.2. The van der Waals surface area contributed by atoms with Gasteiger partial charge in [-0.25, -0.2) is 8.42 Å². The van der Waals surface area contributed by atoms with Crippen LogP contribution in [0.3, 0.4) is 0 Å². The van der Waals surface area contributed by atoms with Crippen molar-refractivity contribution in [2.45, 2.75) is 38.2 Å². The highest BCUT2D eigenvalue weighted by Gasteiger charge is 2.26. The SMILES string of the molecule is Cc1ccc(S(=O)(=O)/C(=C/c2ccccc2)OC(C)(C)C)cc1. The maximum absolute atomic E-state index is 12.9. The average Bonchev–Trinajstić information content (AvgIpc) is 2.47. The normalized spacial score (nSPS) is 13.0. The summed E-state index contributed by atoms with van der Waals surface area (Å²) in [5.41, 5.74) is 1.18. The number of ether oxygens (including phenoxy) is 1. The first-order chi connectivity index (χ1) is 10.7. The van der Waals surface area contributed by atoms with Gasteiger partial charge in [0.25, 0.3) is 0 Å². The van der Waals surface area contributed by atoms with Crippen molar-refractivity contribution in [2.75, 3.05) is 0 Å². The van der Waals surface area contributed by atoms with Crippen LogP contribution in [0.4, 0.5) is 0 Å². The summed E-state index contributed by atoms with van der Waals surface area (Å²) < 4.78 is 31.6. The Bertz CT molecular complexity index is 781. The Balaban J connectivity index is 2.52. The fourth-order valence-corrected chi connectivity index (χ4v) is 3.36. The van der Waals surface area contributed by atoms with Crippen LogP contribution in [-0.2, 0) is 14.6 Å². The predicted molar refractivity (Wildman–Crippen MR) is 93.6 cm³/mol. The molecule has 0 unspecified atom stereocenters. The molecule has 0 aromatic heterocycles. The van der Waals surface area contributed by atoms with Crippen molar-refractivity contribution in [1.29, 1.82) is 0 Å². The van der Waals surface area contributed by atoms with Gasteiger partial charge in [0.2, 0.25) is 14.9 Å². The third-order valence-corrected chi connectivity index (χ3v) is 4.71. The van der Waals surface area contributed by atoms with Gasteiger partial charge in [-0.05, 0) is 51.5 Å². The molecular weight excluding hydrogens is 308 g/mol. The predicted octanol–water partition coefficient (Wildman–Crippen LogP) is 4.58. The minimum atomic E-state index is -3.71. The lowest BCUT2D eigenvalue weighted by molar-refractivity contribution is 0.0686. The van der Waals surface area contributed by atoms with Crippen molar-refractivity contribution < 1.29 is 13.2 Å². The molecule has 0 spiro atoms. The highest BCUT2D eigenvalue weighted by atomic mass is 32.2. The van der Waals surface area contributed by atoms with Crippen LogP contribution >= 0.6 is 0 Å². The van der Waals surface area contributed by atoms with Crippen LogP contribution in [0.25, 0.3) is 6.08 Å². The smallest absolute Gasteiger partial charge is 0.239 e. The van der Waals surface area contributed by atoms with E-state index in [1.54, 1.807) is 30.3 Å². The van der Waals surface area contributed by atoms with Gasteiger partial charge in [0.15, 0.2) is 0 Å². The molecule has 122 valence electrons. The Morgan fingerprint density at radius 2 is 1.52 bits per heavy atom. The highest BCUT2D eigenvalue weighted by molar-refractivity contribution is 7.95. The Labute approximate surface area is 138 Å². The van der Waals surface area contributed by atoms with Crippen LogP contribution in [0.15, 0.2) is 64.6 Å². The molecule has 0 aliphatic heterocycles. The van der Waals surface area contributed by atoms with Crippen molar-refractivity contribution in [3.63, 3.8) is 0 Å². The number of rotatable bonds is 4. The second-order valence-corrected chi connectivity index (χ2v) is 8.29. The van der Waals surface area contributed by atoms with Gasteiger partial charge in [0, 0.05) is 0 Å². The van der Waals surface area contributed by atoms with E-state index >= 15 is 0 Å². The molecule has 0 saturated heterocycles. The van der Waals surface area contributed by atoms with E-state index < -0.39 is 15.4 Å². The summed E-state index contributed by atoms with van der Waals surface area (Å²) in [4.78, 5) is 0.231. The Kier molecular flexibility index (Phi) is 4.95. The summed E-state index contributed by atoms with van der Waals surface area (Å²) in [5, 5.41) is -0.0416. The summed E-state index contributed by atoms with van der Waals surface area (Å²) in [6, 6.07) is 16.1. The van der Waals surface area contributed by atoms with Gasteiger partial charge in [-0.3, -0.25) is 0 Å². The van der Waals surface area contributed by atoms with Crippen LogP contribution in [-0.4, -0.2) is 14.0 Å². The zero-order valence-electron chi connectivity index (χ0n) is 13.9. The summed E-state index contributed by atoms with van der Waals surface area (Å²) in [6.07, 6.45) is 1.57. The standard InChI is InChI=1S/C19H22O3S/c1-15-10-12-17(13-11-15)23(20,21)18(22-19(2,3)4)14-16-8-6-5-7-9-16/h5-14H,1-4H3/b18-14+. The second kappa shape index (κ2) is 6.59. The number of hydrogen-bond acceptors (Lipinski definition) is 3. The molecule has 0 aliphatic carbocycles. The molecule has 3 nitrogen and oxygen atoms in total. The first kappa shape index (κ1) is 17.3. The number of benzene rings is 2. The van der Waals surface area contributed by atoms with Gasteiger partial charge < -0.3 is 4.74 Å². The van der Waals surface area contributed by atoms with E-state index in [-0.39, 0.29) is 9.99 Å². The summed E-state index contributed by atoms with van der Waals surface area (Å²) in [6.45, 7) is 7.41. The second-order valence-electron chi connectivity index (χ2n) is 6.40. The lowest BCUT2D eigenvalue weighted by Crippen LogP contribution is -2.22. The van der Waals surface area contributed by atoms with Gasteiger partial charge in [0.05, 0.1) is 4.90 Å². The van der Waals surface area contributed by atoms with Crippen LogP contribution in [0.2, 0.25) is 0 Å². The number of hydrogen-bond donors (Lipinski definition) is 0. The number of sulfone groups is 1. The van der Waals surface area contributed by atoms with E-state index in [0.717, 1.165) is 11.1 Å². The fraction of sp³-hybridized carbons (Fsp3) is 0.263.